The standard InChI is InChI=1S/C20H27F3N6/c1-11(2)25-18-27-17(14-8-12(3)7-13(4)9-14)28-19(29-18)26-15-5-6-24-16(10-15)20(21,22)23/h5-6,10-14H,7-9H2,1-4H3,(H2,24,25,26,27,28,29). The molecule has 0 aromatic carbocycles. The first-order valence-corrected chi connectivity index (χ1v) is 9.93. The van der Waals surface area contributed by atoms with Crippen LogP contribution in [-0.4, -0.2) is 26.0 Å². The number of pyridine rings is 1. The summed E-state index contributed by atoms with van der Waals surface area (Å²) in [6, 6.07) is 2.52. The van der Waals surface area contributed by atoms with Crippen molar-refractivity contribution in [3.05, 3.63) is 29.8 Å². The minimum atomic E-state index is -4.51. The molecule has 29 heavy (non-hydrogen) atoms. The summed E-state index contributed by atoms with van der Waals surface area (Å²) in [6.07, 6.45) is -0.239. The highest BCUT2D eigenvalue weighted by Crippen LogP contribution is 2.38. The number of aromatic nitrogens is 4. The molecule has 2 unspecified atom stereocenters. The van der Waals surface area contributed by atoms with Gasteiger partial charge in [-0.3, -0.25) is 4.98 Å². The highest BCUT2D eigenvalue weighted by atomic mass is 19.4. The Hall–Kier alpha value is -2.45. The number of halogens is 3. The van der Waals surface area contributed by atoms with Crippen LogP contribution in [0.15, 0.2) is 18.3 Å². The van der Waals surface area contributed by atoms with Gasteiger partial charge in [0.2, 0.25) is 11.9 Å². The van der Waals surface area contributed by atoms with E-state index in [1.165, 1.54) is 12.5 Å². The second kappa shape index (κ2) is 8.51. The van der Waals surface area contributed by atoms with Crippen molar-refractivity contribution in [1.82, 2.24) is 19.9 Å². The molecule has 0 amide bonds. The largest absolute Gasteiger partial charge is 0.433 e. The van der Waals surface area contributed by atoms with E-state index in [-0.39, 0.29) is 23.6 Å². The van der Waals surface area contributed by atoms with Crippen LogP contribution in [0.4, 0.5) is 30.8 Å². The highest BCUT2D eigenvalue weighted by molar-refractivity contribution is 5.54. The zero-order valence-corrected chi connectivity index (χ0v) is 17.1. The summed E-state index contributed by atoms with van der Waals surface area (Å²) in [5, 5.41) is 6.06. The average molecular weight is 408 g/mol. The number of rotatable bonds is 5. The minimum Gasteiger partial charge on any atom is -0.352 e. The van der Waals surface area contributed by atoms with Crippen LogP contribution in [0.25, 0.3) is 0 Å². The first kappa shape index (κ1) is 21.3. The molecule has 2 N–H and O–H groups in total. The van der Waals surface area contributed by atoms with Crippen molar-refractivity contribution in [3.8, 4) is 0 Å². The first-order valence-electron chi connectivity index (χ1n) is 9.93. The molecule has 1 fully saturated rings. The van der Waals surface area contributed by atoms with Crippen molar-refractivity contribution < 1.29 is 13.2 Å². The summed E-state index contributed by atoms with van der Waals surface area (Å²) < 4.78 is 38.9. The van der Waals surface area contributed by atoms with E-state index >= 15 is 0 Å². The van der Waals surface area contributed by atoms with Crippen LogP contribution in [0.3, 0.4) is 0 Å². The zero-order chi connectivity index (χ0) is 21.2. The predicted octanol–water partition coefficient (Wildman–Crippen LogP) is 5.39. The number of nitrogens with one attached hydrogen (secondary N) is 2. The van der Waals surface area contributed by atoms with E-state index < -0.39 is 11.9 Å². The zero-order valence-electron chi connectivity index (χ0n) is 17.1. The smallest absolute Gasteiger partial charge is 0.352 e. The van der Waals surface area contributed by atoms with Gasteiger partial charge < -0.3 is 10.6 Å². The van der Waals surface area contributed by atoms with Crippen LogP contribution in [0.2, 0.25) is 0 Å². The second-order valence-electron chi connectivity index (χ2n) is 8.31. The molecule has 0 saturated heterocycles. The van der Waals surface area contributed by atoms with Crippen molar-refractivity contribution >= 4 is 17.6 Å². The molecule has 2 heterocycles. The molecular formula is C20H27F3N6. The number of nitrogens with zero attached hydrogens (tertiary/aromatic N) is 4. The molecule has 1 aliphatic carbocycles. The predicted molar refractivity (Wildman–Crippen MR) is 106 cm³/mol. The lowest BCUT2D eigenvalue weighted by atomic mass is 9.76. The van der Waals surface area contributed by atoms with Crippen molar-refractivity contribution in [3.63, 3.8) is 0 Å². The Bertz CT molecular complexity index is 829. The molecule has 9 heteroatoms. The van der Waals surface area contributed by atoms with E-state index in [1.807, 2.05) is 13.8 Å². The van der Waals surface area contributed by atoms with Crippen molar-refractivity contribution in [2.45, 2.75) is 65.1 Å². The van der Waals surface area contributed by atoms with Crippen LogP contribution >= 0.6 is 0 Å². The Labute approximate surface area is 168 Å². The van der Waals surface area contributed by atoms with Gasteiger partial charge in [0, 0.05) is 23.8 Å². The van der Waals surface area contributed by atoms with E-state index in [0.717, 1.165) is 25.1 Å². The maximum Gasteiger partial charge on any atom is 0.433 e. The number of anilines is 3. The van der Waals surface area contributed by atoms with Crippen molar-refractivity contribution in [2.75, 3.05) is 10.6 Å². The Balaban J connectivity index is 1.91. The Morgan fingerprint density at radius 2 is 1.66 bits per heavy atom. The summed E-state index contributed by atoms with van der Waals surface area (Å²) in [7, 11) is 0. The van der Waals surface area contributed by atoms with Crippen molar-refractivity contribution in [1.29, 1.82) is 0 Å². The summed E-state index contributed by atoms with van der Waals surface area (Å²) in [6.45, 7) is 8.40. The fourth-order valence-corrected chi connectivity index (χ4v) is 3.90. The van der Waals surface area contributed by atoms with Crippen LogP contribution in [0.5, 0.6) is 0 Å². The quantitative estimate of drug-likeness (QED) is 0.691. The molecule has 1 saturated carbocycles. The molecule has 0 bridgehead atoms. The number of hydrogen-bond donors (Lipinski definition) is 2. The van der Waals surface area contributed by atoms with Gasteiger partial charge in [-0.25, -0.2) is 0 Å². The molecule has 2 atom stereocenters. The third-order valence-corrected chi connectivity index (χ3v) is 4.92. The van der Waals surface area contributed by atoms with Crippen LogP contribution < -0.4 is 10.6 Å². The Kier molecular flexibility index (Phi) is 6.24. The maximum atomic E-state index is 13.0. The van der Waals surface area contributed by atoms with Crippen molar-refractivity contribution in [2.24, 2.45) is 11.8 Å². The highest BCUT2D eigenvalue weighted by Gasteiger charge is 2.32. The van der Waals surface area contributed by atoms with E-state index in [4.69, 9.17) is 0 Å². The average Bonchev–Trinajstić information content (AvgIpc) is 2.59. The van der Waals surface area contributed by atoms with Crippen LogP contribution in [0.1, 0.15) is 64.4 Å². The van der Waals surface area contributed by atoms with Gasteiger partial charge in [0.25, 0.3) is 0 Å². The normalized spacial score (nSPS) is 22.6. The minimum absolute atomic E-state index is 0.111. The molecule has 2 aromatic rings. The van der Waals surface area contributed by atoms with Gasteiger partial charge in [-0.2, -0.15) is 28.1 Å². The van der Waals surface area contributed by atoms with Gasteiger partial charge in [0.1, 0.15) is 11.5 Å². The van der Waals surface area contributed by atoms with Gasteiger partial charge in [0.05, 0.1) is 0 Å². The third kappa shape index (κ3) is 5.77. The summed E-state index contributed by atoms with van der Waals surface area (Å²) in [4.78, 5) is 16.9. The van der Waals surface area contributed by atoms with E-state index in [9.17, 15) is 13.2 Å². The number of alkyl halides is 3. The van der Waals surface area contributed by atoms with E-state index in [1.54, 1.807) is 0 Å². The molecule has 0 radical (unpaired) electrons. The van der Waals surface area contributed by atoms with Gasteiger partial charge in [-0.05, 0) is 57.1 Å². The Morgan fingerprint density at radius 3 is 2.28 bits per heavy atom. The van der Waals surface area contributed by atoms with E-state index in [0.29, 0.717) is 23.6 Å². The number of hydrogen-bond acceptors (Lipinski definition) is 6. The molecule has 1 aliphatic rings. The van der Waals surface area contributed by atoms with Crippen LogP contribution in [0, 0.1) is 11.8 Å². The maximum absolute atomic E-state index is 13.0. The molecule has 2 aromatic heterocycles. The third-order valence-electron chi connectivity index (χ3n) is 4.92. The molecular weight excluding hydrogens is 381 g/mol. The molecule has 0 spiro atoms. The van der Waals surface area contributed by atoms with Crippen LogP contribution in [-0.2, 0) is 6.18 Å². The molecule has 6 nitrogen and oxygen atoms in total. The summed E-state index contributed by atoms with van der Waals surface area (Å²) >= 11 is 0. The lowest BCUT2D eigenvalue weighted by Gasteiger charge is -2.30. The summed E-state index contributed by atoms with van der Waals surface area (Å²) in [5.41, 5.74) is -0.738. The molecule has 158 valence electrons. The fourth-order valence-electron chi connectivity index (χ4n) is 3.90. The first-order chi connectivity index (χ1) is 13.6. The Morgan fingerprint density at radius 1 is 1.00 bits per heavy atom. The van der Waals surface area contributed by atoms with Gasteiger partial charge in [-0.1, -0.05) is 13.8 Å². The topological polar surface area (TPSA) is 75.6 Å². The van der Waals surface area contributed by atoms with Gasteiger partial charge >= 0.3 is 6.18 Å². The lowest BCUT2D eigenvalue weighted by molar-refractivity contribution is -0.141. The lowest BCUT2D eigenvalue weighted by Crippen LogP contribution is -2.22. The monoisotopic (exact) mass is 408 g/mol. The van der Waals surface area contributed by atoms with E-state index in [2.05, 4.69) is 44.4 Å². The molecule has 0 aliphatic heterocycles. The van der Waals surface area contributed by atoms with Gasteiger partial charge in [0.15, 0.2) is 0 Å². The second-order valence-corrected chi connectivity index (χ2v) is 8.31. The summed E-state index contributed by atoms with van der Waals surface area (Å²) in [5.74, 6) is 2.68. The fraction of sp³-hybridized carbons (Fsp3) is 0.600. The molecule has 3 rings (SSSR count). The van der Waals surface area contributed by atoms with Gasteiger partial charge in [-0.15, -0.1) is 0 Å². The SMILES string of the molecule is CC1CC(C)CC(c2nc(Nc3ccnc(C(F)(F)F)c3)nc(NC(C)C)n2)C1.